The summed E-state index contributed by atoms with van der Waals surface area (Å²) < 4.78 is 5.27. The van der Waals surface area contributed by atoms with Crippen LogP contribution in [0.2, 0.25) is 0 Å². The molecule has 3 aromatic rings. The van der Waals surface area contributed by atoms with E-state index in [1.807, 2.05) is 50.2 Å². The maximum absolute atomic E-state index is 12.3. The predicted molar refractivity (Wildman–Crippen MR) is 98.9 cm³/mol. The van der Waals surface area contributed by atoms with E-state index >= 15 is 0 Å². The summed E-state index contributed by atoms with van der Waals surface area (Å²) in [6.07, 6.45) is 0.478. The summed E-state index contributed by atoms with van der Waals surface area (Å²) in [5, 5.41) is 6.65. The monoisotopic (exact) mass is 348 g/mol. The van der Waals surface area contributed by atoms with E-state index in [-0.39, 0.29) is 17.4 Å². The molecule has 0 radical (unpaired) electrons. The van der Waals surface area contributed by atoms with E-state index in [9.17, 15) is 9.59 Å². The molecule has 1 heterocycles. The Labute approximate surface area is 152 Å². The van der Waals surface area contributed by atoms with E-state index in [0.717, 1.165) is 16.7 Å². The first kappa shape index (κ1) is 17.6. The molecule has 0 saturated carbocycles. The highest BCUT2D eigenvalue weighted by Gasteiger charge is 2.13. The van der Waals surface area contributed by atoms with E-state index in [4.69, 9.17) is 4.52 Å². The zero-order valence-corrected chi connectivity index (χ0v) is 14.8. The van der Waals surface area contributed by atoms with E-state index in [1.165, 1.54) is 0 Å². The highest BCUT2D eigenvalue weighted by atomic mass is 16.5. The van der Waals surface area contributed by atoms with Gasteiger partial charge < -0.3 is 9.84 Å². The van der Waals surface area contributed by atoms with Gasteiger partial charge in [-0.25, -0.2) is 0 Å². The summed E-state index contributed by atoms with van der Waals surface area (Å²) in [5.41, 5.74) is 3.85. The SMILES string of the molecule is CCC(=O)c1ccc(CNC(=O)c2cc(-c3ccc(C)cc3)on2)cc1. The molecule has 5 nitrogen and oxygen atoms in total. The van der Waals surface area contributed by atoms with Gasteiger partial charge in [0.2, 0.25) is 0 Å². The minimum atomic E-state index is -0.305. The average Bonchev–Trinajstić information content (AvgIpc) is 3.16. The highest BCUT2D eigenvalue weighted by Crippen LogP contribution is 2.20. The third-order valence-corrected chi connectivity index (χ3v) is 4.13. The first-order valence-corrected chi connectivity index (χ1v) is 8.51. The van der Waals surface area contributed by atoms with Gasteiger partial charge in [-0.15, -0.1) is 0 Å². The van der Waals surface area contributed by atoms with Crippen molar-refractivity contribution >= 4 is 11.7 Å². The van der Waals surface area contributed by atoms with Crippen LogP contribution >= 0.6 is 0 Å². The molecule has 0 fully saturated rings. The molecule has 26 heavy (non-hydrogen) atoms. The van der Waals surface area contributed by atoms with Gasteiger partial charge in [-0.05, 0) is 12.5 Å². The van der Waals surface area contributed by atoms with Crippen LogP contribution in [0.15, 0.2) is 59.1 Å². The fourth-order valence-electron chi connectivity index (χ4n) is 2.52. The highest BCUT2D eigenvalue weighted by molar-refractivity contribution is 5.96. The first-order chi connectivity index (χ1) is 12.6. The molecule has 0 saturated heterocycles. The van der Waals surface area contributed by atoms with Gasteiger partial charge in [0.05, 0.1) is 0 Å². The Morgan fingerprint density at radius 1 is 1.04 bits per heavy atom. The molecule has 0 bridgehead atoms. The van der Waals surface area contributed by atoms with Gasteiger partial charge in [0, 0.05) is 30.2 Å². The number of carbonyl (C=O) groups is 2. The predicted octanol–water partition coefficient (Wildman–Crippen LogP) is 4.17. The lowest BCUT2D eigenvalue weighted by molar-refractivity contribution is 0.0940. The summed E-state index contributed by atoms with van der Waals surface area (Å²) in [6.45, 7) is 4.19. The van der Waals surface area contributed by atoms with Crippen LogP contribution in [0.3, 0.4) is 0 Å². The van der Waals surface area contributed by atoms with Crippen LogP contribution in [0.5, 0.6) is 0 Å². The lowest BCUT2D eigenvalue weighted by atomic mass is 10.1. The molecule has 132 valence electrons. The Morgan fingerprint density at radius 3 is 2.38 bits per heavy atom. The van der Waals surface area contributed by atoms with Crippen LogP contribution < -0.4 is 5.32 Å². The zero-order chi connectivity index (χ0) is 18.5. The molecule has 0 atom stereocenters. The molecule has 0 spiro atoms. The van der Waals surface area contributed by atoms with Gasteiger partial charge in [0.1, 0.15) is 0 Å². The molecule has 0 aliphatic heterocycles. The number of ketones is 1. The number of aryl methyl sites for hydroxylation is 1. The number of benzene rings is 2. The smallest absolute Gasteiger partial charge is 0.273 e. The first-order valence-electron chi connectivity index (χ1n) is 8.51. The van der Waals surface area contributed by atoms with Crippen molar-refractivity contribution in [2.45, 2.75) is 26.8 Å². The topological polar surface area (TPSA) is 72.2 Å². The number of aromatic nitrogens is 1. The molecular weight excluding hydrogens is 328 g/mol. The van der Waals surface area contributed by atoms with Crippen molar-refractivity contribution < 1.29 is 14.1 Å². The van der Waals surface area contributed by atoms with Crippen molar-refractivity contribution in [3.8, 4) is 11.3 Å². The number of rotatable bonds is 6. The summed E-state index contributed by atoms with van der Waals surface area (Å²) in [4.78, 5) is 23.9. The zero-order valence-electron chi connectivity index (χ0n) is 14.8. The van der Waals surface area contributed by atoms with Crippen molar-refractivity contribution in [2.75, 3.05) is 0 Å². The molecule has 3 rings (SSSR count). The van der Waals surface area contributed by atoms with Crippen molar-refractivity contribution in [1.29, 1.82) is 0 Å². The fourth-order valence-corrected chi connectivity index (χ4v) is 2.52. The maximum Gasteiger partial charge on any atom is 0.273 e. The Balaban J connectivity index is 1.62. The second kappa shape index (κ2) is 7.78. The van der Waals surface area contributed by atoms with Crippen molar-refractivity contribution in [2.24, 2.45) is 0 Å². The van der Waals surface area contributed by atoms with Gasteiger partial charge in [-0.3, -0.25) is 9.59 Å². The minimum Gasteiger partial charge on any atom is -0.355 e. The Kier molecular flexibility index (Phi) is 5.27. The minimum absolute atomic E-state index is 0.104. The van der Waals surface area contributed by atoms with Crippen LogP contribution in [0.25, 0.3) is 11.3 Å². The number of hydrogen-bond donors (Lipinski definition) is 1. The normalized spacial score (nSPS) is 10.5. The second-order valence-corrected chi connectivity index (χ2v) is 6.10. The van der Waals surface area contributed by atoms with Crippen molar-refractivity contribution in [3.63, 3.8) is 0 Å². The van der Waals surface area contributed by atoms with Gasteiger partial charge in [0.25, 0.3) is 5.91 Å². The number of hydrogen-bond acceptors (Lipinski definition) is 4. The van der Waals surface area contributed by atoms with Crippen molar-refractivity contribution in [3.05, 3.63) is 77.0 Å². The molecular formula is C21H20N2O3. The summed E-state index contributed by atoms with van der Waals surface area (Å²) in [7, 11) is 0. The summed E-state index contributed by atoms with van der Waals surface area (Å²) in [5.74, 6) is 0.352. The average molecular weight is 348 g/mol. The van der Waals surface area contributed by atoms with E-state index in [0.29, 0.717) is 24.3 Å². The Hall–Kier alpha value is -3.21. The molecule has 1 N–H and O–H groups in total. The van der Waals surface area contributed by atoms with Gasteiger partial charge in [-0.1, -0.05) is 66.2 Å². The number of Topliss-reactive ketones (excluding diaryl/α,β-unsaturated/α-hetero) is 1. The molecule has 0 unspecified atom stereocenters. The number of amides is 1. The third kappa shape index (κ3) is 4.06. The van der Waals surface area contributed by atoms with Crippen LogP contribution in [-0.4, -0.2) is 16.8 Å². The van der Waals surface area contributed by atoms with E-state index in [2.05, 4.69) is 10.5 Å². The van der Waals surface area contributed by atoms with E-state index in [1.54, 1.807) is 18.2 Å². The number of nitrogens with one attached hydrogen (secondary N) is 1. The molecule has 1 amide bonds. The fraction of sp³-hybridized carbons (Fsp3) is 0.190. The molecule has 5 heteroatoms. The largest absolute Gasteiger partial charge is 0.355 e. The standard InChI is InChI=1S/C21H20N2O3/c1-3-19(24)16-10-6-15(7-11-16)13-22-21(25)18-12-20(26-23-18)17-8-4-14(2)5-9-17/h4-12H,3,13H2,1-2H3,(H,22,25). The Bertz CT molecular complexity index is 909. The maximum atomic E-state index is 12.3. The third-order valence-electron chi connectivity index (χ3n) is 4.13. The molecule has 2 aromatic carbocycles. The quantitative estimate of drug-likeness (QED) is 0.679. The summed E-state index contributed by atoms with van der Waals surface area (Å²) >= 11 is 0. The lowest BCUT2D eigenvalue weighted by Crippen LogP contribution is -2.23. The van der Waals surface area contributed by atoms with Crippen LogP contribution in [-0.2, 0) is 6.54 Å². The Morgan fingerprint density at radius 2 is 1.73 bits per heavy atom. The van der Waals surface area contributed by atoms with E-state index < -0.39 is 0 Å². The van der Waals surface area contributed by atoms with Crippen LogP contribution in [0, 0.1) is 6.92 Å². The number of carbonyl (C=O) groups excluding carboxylic acids is 2. The lowest BCUT2D eigenvalue weighted by Gasteiger charge is -2.04. The van der Waals surface area contributed by atoms with Crippen LogP contribution in [0.1, 0.15) is 45.3 Å². The van der Waals surface area contributed by atoms with Crippen molar-refractivity contribution in [1.82, 2.24) is 10.5 Å². The van der Waals surface area contributed by atoms with Gasteiger partial charge in [0.15, 0.2) is 17.2 Å². The number of nitrogens with zero attached hydrogens (tertiary/aromatic N) is 1. The van der Waals surface area contributed by atoms with Gasteiger partial charge >= 0.3 is 0 Å². The molecule has 0 aliphatic carbocycles. The molecule has 1 aromatic heterocycles. The molecule has 0 aliphatic rings. The second-order valence-electron chi connectivity index (χ2n) is 6.10. The summed E-state index contributed by atoms with van der Waals surface area (Å²) in [6, 6.07) is 16.7. The van der Waals surface area contributed by atoms with Gasteiger partial charge in [-0.2, -0.15) is 0 Å². The van der Waals surface area contributed by atoms with Crippen LogP contribution in [0.4, 0.5) is 0 Å².